The minimum atomic E-state index is -0.607. The van der Waals surface area contributed by atoms with Crippen LogP contribution in [-0.4, -0.2) is 17.7 Å². The van der Waals surface area contributed by atoms with E-state index < -0.39 is 5.97 Å². The predicted octanol–water partition coefficient (Wildman–Crippen LogP) is 5.02. The Morgan fingerprint density at radius 1 is 1.08 bits per heavy atom. The summed E-state index contributed by atoms with van der Waals surface area (Å²) in [6.07, 6.45) is 1.52. The molecule has 0 bridgehead atoms. The van der Waals surface area contributed by atoms with E-state index >= 15 is 0 Å². The lowest BCUT2D eigenvalue weighted by Crippen LogP contribution is -2.15. The van der Waals surface area contributed by atoms with Gasteiger partial charge in [-0.25, -0.2) is 4.79 Å². The zero-order chi connectivity index (χ0) is 17.8. The number of nitrogens with zero attached hydrogens (tertiary/aromatic N) is 1. The first kappa shape index (κ1) is 17.7. The summed E-state index contributed by atoms with van der Waals surface area (Å²) in [4.78, 5) is 11.8. The average Bonchev–Trinajstić information content (AvgIpc) is 3.26. The SMILES string of the molecule is O=C(COc1cc(Cl)c(Cl)cc1Cl)OCc1cc(-c2ccco2)on1. The fourth-order valence-electron chi connectivity index (χ4n) is 1.86. The molecule has 0 saturated carbocycles. The zero-order valence-corrected chi connectivity index (χ0v) is 14.8. The molecule has 0 unspecified atom stereocenters. The molecule has 2 heterocycles. The summed E-state index contributed by atoms with van der Waals surface area (Å²) < 4.78 is 20.6. The second kappa shape index (κ2) is 7.82. The number of rotatable bonds is 6. The highest BCUT2D eigenvalue weighted by molar-refractivity contribution is 6.43. The van der Waals surface area contributed by atoms with Crippen molar-refractivity contribution in [1.29, 1.82) is 0 Å². The van der Waals surface area contributed by atoms with Crippen LogP contribution in [0, 0.1) is 0 Å². The predicted molar refractivity (Wildman–Crippen MR) is 91.0 cm³/mol. The van der Waals surface area contributed by atoms with Gasteiger partial charge in [0.2, 0.25) is 5.76 Å². The monoisotopic (exact) mass is 401 g/mol. The lowest BCUT2D eigenvalue weighted by atomic mass is 10.3. The number of hydrogen-bond acceptors (Lipinski definition) is 6. The van der Waals surface area contributed by atoms with Gasteiger partial charge in [-0.15, -0.1) is 0 Å². The second-order valence-corrected chi connectivity index (χ2v) is 6.03. The number of ether oxygens (including phenoxy) is 2. The lowest BCUT2D eigenvalue weighted by Gasteiger charge is -2.08. The number of aromatic nitrogens is 1. The van der Waals surface area contributed by atoms with Crippen LogP contribution in [0.1, 0.15) is 5.69 Å². The van der Waals surface area contributed by atoms with Crippen LogP contribution in [0.25, 0.3) is 11.5 Å². The smallest absolute Gasteiger partial charge is 0.344 e. The van der Waals surface area contributed by atoms with Gasteiger partial charge in [0.05, 0.1) is 21.3 Å². The maximum absolute atomic E-state index is 11.8. The molecule has 0 aliphatic carbocycles. The molecule has 25 heavy (non-hydrogen) atoms. The molecule has 3 rings (SSSR count). The van der Waals surface area contributed by atoms with Crippen molar-refractivity contribution in [2.75, 3.05) is 6.61 Å². The van der Waals surface area contributed by atoms with Crippen LogP contribution in [0.5, 0.6) is 5.75 Å². The number of esters is 1. The van der Waals surface area contributed by atoms with E-state index in [9.17, 15) is 4.79 Å². The maximum Gasteiger partial charge on any atom is 0.344 e. The molecule has 2 aromatic heterocycles. The van der Waals surface area contributed by atoms with Gasteiger partial charge in [-0.1, -0.05) is 40.0 Å². The van der Waals surface area contributed by atoms with E-state index in [2.05, 4.69) is 5.16 Å². The molecule has 0 saturated heterocycles. The standard InChI is InChI=1S/C16H10Cl3NO5/c17-10-5-12(19)14(6-11(10)18)23-8-16(21)24-7-9-4-15(25-20-9)13-2-1-3-22-13/h1-6H,7-8H2. The Morgan fingerprint density at radius 2 is 1.88 bits per heavy atom. The molecule has 0 fully saturated rings. The van der Waals surface area contributed by atoms with Crippen molar-refractivity contribution in [3.05, 3.63) is 57.4 Å². The number of carbonyl (C=O) groups excluding carboxylic acids is 1. The third-order valence-electron chi connectivity index (χ3n) is 3.02. The summed E-state index contributed by atoms with van der Waals surface area (Å²) in [6.45, 7) is -0.415. The van der Waals surface area contributed by atoms with Gasteiger partial charge in [-0.05, 0) is 18.2 Å². The summed E-state index contributed by atoms with van der Waals surface area (Å²) in [6, 6.07) is 7.92. The maximum atomic E-state index is 11.8. The molecule has 0 atom stereocenters. The van der Waals surface area contributed by atoms with Crippen molar-refractivity contribution in [3.63, 3.8) is 0 Å². The average molecular weight is 403 g/mol. The van der Waals surface area contributed by atoms with Crippen LogP contribution >= 0.6 is 34.8 Å². The summed E-state index contributed by atoms with van der Waals surface area (Å²) in [7, 11) is 0. The van der Waals surface area contributed by atoms with E-state index in [-0.39, 0.29) is 29.0 Å². The first-order chi connectivity index (χ1) is 12.0. The first-order valence-corrected chi connectivity index (χ1v) is 8.09. The third kappa shape index (κ3) is 4.48. The quantitative estimate of drug-likeness (QED) is 0.426. The molecular weight excluding hydrogens is 393 g/mol. The van der Waals surface area contributed by atoms with E-state index in [0.717, 1.165) is 0 Å². The van der Waals surface area contributed by atoms with Crippen LogP contribution in [0.4, 0.5) is 0 Å². The highest BCUT2D eigenvalue weighted by Gasteiger charge is 2.13. The van der Waals surface area contributed by atoms with E-state index in [0.29, 0.717) is 22.2 Å². The Labute approximate surface area is 157 Å². The Hall–Kier alpha value is -2.15. The van der Waals surface area contributed by atoms with Crippen molar-refractivity contribution in [3.8, 4) is 17.3 Å². The molecule has 0 amide bonds. The van der Waals surface area contributed by atoms with Crippen molar-refractivity contribution in [2.24, 2.45) is 0 Å². The van der Waals surface area contributed by atoms with Crippen LogP contribution < -0.4 is 4.74 Å². The highest BCUT2D eigenvalue weighted by Crippen LogP contribution is 2.33. The fraction of sp³-hybridized carbons (Fsp3) is 0.125. The Morgan fingerprint density at radius 3 is 2.64 bits per heavy atom. The Bertz CT molecular complexity index is 876. The Kier molecular flexibility index (Phi) is 5.53. The van der Waals surface area contributed by atoms with Gasteiger partial charge in [0, 0.05) is 12.1 Å². The number of benzene rings is 1. The zero-order valence-electron chi connectivity index (χ0n) is 12.5. The number of carbonyl (C=O) groups is 1. The van der Waals surface area contributed by atoms with Gasteiger partial charge in [0.1, 0.15) is 18.1 Å². The van der Waals surface area contributed by atoms with Crippen LogP contribution in [-0.2, 0) is 16.1 Å². The highest BCUT2D eigenvalue weighted by atomic mass is 35.5. The van der Waals surface area contributed by atoms with Crippen molar-refractivity contribution in [2.45, 2.75) is 6.61 Å². The van der Waals surface area contributed by atoms with E-state index in [1.165, 1.54) is 18.4 Å². The molecule has 0 aliphatic rings. The molecule has 0 spiro atoms. The van der Waals surface area contributed by atoms with E-state index in [1.54, 1.807) is 18.2 Å². The number of halogens is 3. The summed E-state index contributed by atoms with van der Waals surface area (Å²) in [5, 5.41) is 4.59. The molecule has 0 radical (unpaired) electrons. The van der Waals surface area contributed by atoms with Crippen LogP contribution in [0.3, 0.4) is 0 Å². The van der Waals surface area contributed by atoms with Gasteiger partial charge in [-0.3, -0.25) is 0 Å². The number of furan rings is 1. The molecule has 3 aromatic rings. The molecule has 9 heteroatoms. The minimum absolute atomic E-state index is 0.0679. The van der Waals surface area contributed by atoms with Crippen molar-refractivity contribution >= 4 is 40.8 Å². The topological polar surface area (TPSA) is 74.7 Å². The molecular formula is C16H10Cl3NO5. The Balaban J connectivity index is 1.51. The fourth-order valence-corrected chi connectivity index (χ4v) is 2.45. The van der Waals surface area contributed by atoms with E-state index in [1.807, 2.05) is 0 Å². The van der Waals surface area contributed by atoms with Crippen LogP contribution in [0.2, 0.25) is 15.1 Å². The summed E-state index contributed by atoms with van der Waals surface area (Å²) >= 11 is 17.7. The molecule has 130 valence electrons. The first-order valence-electron chi connectivity index (χ1n) is 6.95. The molecule has 6 nitrogen and oxygen atoms in total. The van der Waals surface area contributed by atoms with Gasteiger partial charge >= 0.3 is 5.97 Å². The largest absolute Gasteiger partial charge is 0.480 e. The molecule has 1 aromatic carbocycles. The van der Waals surface area contributed by atoms with Crippen molar-refractivity contribution in [1.82, 2.24) is 5.16 Å². The summed E-state index contributed by atoms with van der Waals surface area (Å²) in [5.41, 5.74) is 0.437. The van der Waals surface area contributed by atoms with Gasteiger partial charge in [-0.2, -0.15) is 0 Å². The van der Waals surface area contributed by atoms with Gasteiger partial charge < -0.3 is 18.4 Å². The second-order valence-electron chi connectivity index (χ2n) is 4.81. The minimum Gasteiger partial charge on any atom is -0.480 e. The number of hydrogen-bond donors (Lipinski definition) is 0. The normalized spacial score (nSPS) is 10.7. The molecule has 0 N–H and O–H groups in total. The van der Waals surface area contributed by atoms with Crippen LogP contribution in [0.15, 0.2) is 45.5 Å². The lowest BCUT2D eigenvalue weighted by molar-refractivity contribution is -0.147. The van der Waals surface area contributed by atoms with Gasteiger partial charge in [0.25, 0.3) is 0 Å². The molecule has 0 aliphatic heterocycles. The van der Waals surface area contributed by atoms with E-state index in [4.69, 9.17) is 53.2 Å². The summed E-state index contributed by atoms with van der Waals surface area (Å²) in [5.74, 6) is 0.594. The van der Waals surface area contributed by atoms with Crippen molar-refractivity contribution < 1.29 is 23.2 Å². The van der Waals surface area contributed by atoms with Gasteiger partial charge in [0.15, 0.2) is 12.4 Å². The third-order valence-corrected chi connectivity index (χ3v) is 4.04.